The lowest BCUT2D eigenvalue weighted by atomic mass is 9.95. The Labute approximate surface area is 229 Å². The van der Waals surface area contributed by atoms with Crippen LogP contribution in [0.3, 0.4) is 0 Å². The van der Waals surface area contributed by atoms with Crippen LogP contribution in [0.1, 0.15) is 105 Å². The highest BCUT2D eigenvalue weighted by molar-refractivity contribution is 5.69. The van der Waals surface area contributed by atoms with Gasteiger partial charge in [0, 0.05) is 24.0 Å². The predicted octanol–water partition coefficient (Wildman–Crippen LogP) is 10.0. The molecule has 206 valence electrons. The zero-order valence-electron chi connectivity index (χ0n) is 25.5. The normalized spacial score (nSPS) is 20.6. The molecule has 1 fully saturated rings. The maximum Gasteiger partial charge on any atom is 0.0402 e. The first-order chi connectivity index (χ1) is 17.5. The summed E-state index contributed by atoms with van der Waals surface area (Å²) in [5.41, 5.74) is 10.1. The maximum absolute atomic E-state index is 7.57. The summed E-state index contributed by atoms with van der Waals surface area (Å²) in [5, 5.41) is 7.57. The van der Waals surface area contributed by atoms with Gasteiger partial charge in [0.2, 0.25) is 0 Å². The van der Waals surface area contributed by atoms with Gasteiger partial charge in [-0.25, -0.2) is 0 Å². The minimum atomic E-state index is 0.250. The van der Waals surface area contributed by atoms with Gasteiger partial charge in [-0.1, -0.05) is 101 Å². The molecule has 1 aliphatic rings. The van der Waals surface area contributed by atoms with E-state index in [9.17, 15) is 0 Å². The molecule has 1 aromatic carbocycles. The van der Waals surface area contributed by atoms with Gasteiger partial charge in [0.15, 0.2) is 0 Å². The third kappa shape index (κ3) is 10.2. The van der Waals surface area contributed by atoms with Crippen molar-refractivity contribution in [3.05, 3.63) is 88.8 Å². The number of allylic oxidation sites excluding steroid dienone is 7. The van der Waals surface area contributed by atoms with E-state index in [1.54, 1.807) is 6.92 Å². The summed E-state index contributed by atoms with van der Waals surface area (Å²) < 4.78 is 0. The summed E-state index contributed by atoms with van der Waals surface area (Å²) in [6, 6.07) is 9.40. The average Bonchev–Trinajstić information content (AvgIpc) is 3.18. The van der Waals surface area contributed by atoms with Gasteiger partial charge in [-0.3, -0.25) is 0 Å². The molecule has 3 atom stereocenters. The minimum Gasteiger partial charge on any atom is -0.397 e. The maximum atomic E-state index is 7.57. The Hall–Kier alpha value is -2.32. The number of hydrogen-bond acceptors (Lipinski definition) is 2. The molecule has 37 heavy (non-hydrogen) atoms. The second-order valence-electron chi connectivity index (χ2n) is 11.0. The molecule has 1 aromatic rings. The number of aliphatic hydroxyl groups excluding tert-OH is 1. The zero-order valence-corrected chi connectivity index (χ0v) is 25.5. The van der Waals surface area contributed by atoms with Gasteiger partial charge in [0.05, 0.1) is 0 Å². The molecule has 0 bridgehead atoms. The quantitative estimate of drug-likeness (QED) is 0.302. The highest BCUT2D eigenvalue weighted by Gasteiger charge is 2.35. The van der Waals surface area contributed by atoms with E-state index in [1.165, 1.54) is 59.1 Å². The summed E-state index contributed by atoms with van der Waals surface area (Å²) in [7, 11) is 0. The molecule has 3 unspecified atom stereocenters. The highest BCUT2D eigenvalue weighted by Crippen LogP contribution is 2.40. The number of hydrogen-bond donors (Lipinski definition) is 1. The number of aliphatic hydroxyl groups is 1. The molecule has 0 aliphatic heterocycles. The molecule has 2 nitrogen and oxygen atoms in total. The first kappa shape index (κ1) is 32.7. The van der Waals surface area contributed by atoms with Crippen LogP contribution in [0.15, 0.2) is 77.7 Å². The van der Waals surface area contributed by atoms with Gasteiger partial charge in [-0.05, 0) is 94.9 Å². The van der Waals surface area contributed by atoms with Crippen molar-refractivity contribution < 1.29 is 5.11 Å². The molecule has 2 rings (SSSR count). The summed E-state index contributed by atoms with van der Waals surface area (Å²) >= 11 is 0. The lowest BCUT2D eigenvalue weighted by Gasteiger charge is -2.36. The highest BCUT2D eigenvalue weighted by atomic mass is 16.2. The topological polar surface area (TPSA) is 23.5 Å². The van der Waals surface area contributed by atoms with Crippen LogP contribution >= 0.6 is 0 Å². The molecule has 1 aliphatic carbocycles. The molecule has 0 radical (unpaired) electrons. The average molecular weight is 506 g/mol. The van der Waals surface area contributed by atoms with Gasteiger partial charge in [-0.15, -0.1) is 0 Å². The van der Waals surface area contributed by atoms with Crippen molar-refractivity contribution in [3.8, 4) is 0 Å². The van der Waals surface area contributed by atoms with E-state index in [2.05, 4.69) is 110 Å². The number of benzene rings is 1. The Morgan fingerprint density at radius 3 is 2.08 bits per heavy atom. The van der Waals surface area contributed by atoms with E-state index < -0.39 is 0 Å². The zero-order chi connectivity index (χ0) is 28.1. The standard InChI is InChI=1S/C33H49N.C2H6O/c1-11-13-30-21-27(8)33(22-30)34(23(3)4)29(10)26(7)19-25(6)20-32(14-12-2)28(9)31-17-15-24(5)16-18-31;1-2-3/h15-20,27,30,33H,3,10-14,21-22H2,1-2,4-9H3;3H,2H2,1H3/b25-20+,26-19+,32-28+;. The lowest BCUT2D eigenvalue weighted by Crippen LogP contribution is -2.35. The third-order valence-corrected chi connectivity index (χ3v) is 7.45. The summed E-state index contributed by atoms with van der Waals surface area (Å²) in [4.78, 5) is 2.43. The fourth-order valence-electron chi connectivity index (χ4n) is 5.63. The predicted molar refractivity (Wildman–Crippen MR) is 165 cm³/mol. The van der Waals surface area contributed by atoms with Crippen molar-refractivity contribution in [2.75, 3.05) is 6.61 Å². The fourth-order valence-corrected chi connectivity index (χ4v) is 5.63. The molecule has 0 aromatic heterocycles. The third-order valence-electron chi connectivity index (χ3n) is 7.45. The second kappa shape index (κ2) is 16.5. The molecular weight excluding hydrogens is 450 g/mol. The molecule has 0 amide bonds. The van der Waals surface area contributed by atoms with Crippen LogP contribution in [-0.4, -0.2) is 22.7 Å². The summed E-state index contributed by atoms with van der Waals surface area (Å²) in [6.45, 7) is 28.7. The molecule has 0 saturated heterocycles. The Bertz CT molecular complexity index is 959. The molecule has 1 saturated carbocycles. The summed E-state index contributed by atoms with van der Waals surface area (Å²) in [6.07, 6.45) is 12.1. The smallest absolute Gasteiger partial charge is 0.0402 e. The SMILES string of the molecule is C=C(C)N(C(=C)/C(C)=C/C(C)=C/C(CCC)=C(\C)c1ccc(C)cc1)C1CC(CCC)CC1C.CCO. The van der Waals surface area contributed by atoms with Gasteiger partial charge < -0.3 is 10.0 Å². The monoisotopic (exact) mass is 505 g/mol. The van der Waals surface area contributed by atoms with Crippen LogP contribution in [0.2, 0.25) is 0 Å². The fraction of sp³-hybridized carbons (Fsp3) is 0.543. The van der Waals surface area contributed by atoms with Gasteiger partial charge in [0.25, 0.3) is 0 Å². The van der Waals surface area contributed by atoms with Crippen LogP contribution < -0.4 is 0 Å². The van der Waals surface area contributed by atoms with E-state index in [0.29, 0.717) is 12.0 Å². The van der Waals surface area contributed by atoms with Crippen LogP contribution in [-0.2, 0) is 0 Å². The van der Waals surface area contributed by atoms with Gasteiger partial charge >= 0.3 is 0 Å². The largest absolute Gasteiger partial charge is 0.397 e. The Morgan fingerprint density at radius 1 is 0.973 bits per heavy atom. The Kier molecular flexibility index (Phi) is 14.6. The van der Waals surface area contributed by atoms with Crippen LogP contribution in [0, 0.1) is 18.8 Å². The van der Waals surface area contributed by atoms with Crippen molar-refractivity contribution >= 4 is 5.57 Å². The summed E-state index contributed by atoms with van der Waals surface area (Å²) in [5.74, 6) is 1.50. The first-order valence-electron chi connectivity index (χ1n) is 14.4. The van der Waals surface area contributed by atoms with Gasteiger partial charge in [-0.2, -0.15) is 0 Å². The van der Waals surface area contributed by atoms with Crippen molar-refractivity contribution in [2.24, 2.45) is 11.8 Å². The van der Waals surface area contributed by atoms with Crippen LogP contribution in [0.4, 0.5) is 0 Å². The number of rotatable bonds is 11. The molecular formula is C35H55NO. The van der Waals surface area contributed by atoms with Crippen molar-refractivity contribution in [2.45, 2.75) is 107 Å². The molecule has 0 heterocycles. The van der Waals surface area contributed by atoms with Crippen LogP contribution in [0.5, 0.6) is 0 Å². The Balaban J connectivity index is 0.00000217. The van der Waals surface area contributed by atoms with E-state index in [4.69, 9.17) is 5.11 Å². The van der Waals surface area contributed by atoms with Crippen molar-refractivity contribution in [1.82, 2.24) is 4.90 Å². The van der Waals surface area contributed by atoms with E-state index in [1.807, 2.05) is 0 Å². The molecule has 0 spiro atoms. The van der Waals surface area contributed by atoms with E-state index >= 15 is 0 Å². The molecule has 2 heteroatoms. The molecule has 1 N–H and O–H groups in total. The first-order valence-corrected chi connectivity index (χ1v) is 14.4. The number of nitrogens with zero attached hydrogens (tertiary/aromatic N) is 1. The minimum absolute atomic E-state index is 0.250. The van der Waals surface area contributed by atoms with Crippen molar-refractivity contribution in [3.63, 3.8) is 0 Å². The Morgan fingerprint density at radius 2 is 1.57 bits per heavy atom. The lowest BCUT2D eigenvalue weighted by molar-refractivity contribution is 0.268. The van der Waals surface area contributed by atoms with Gasteiger partial charge in [0.1, 0.15) is 0 Å². The van der Waals surface area contributed by atoms with E-state index in [0.717, 1.165) is 30.2 Å². The second-order valence-corrected chi connectivity index (χ2v) is 11.0. The van der Waals surface area contributed by atoms with Crippen molar-refractivity contribution in [1.29, 1.82) is 0 Å². The number of aryl methyl sites for hydroxylation is 1. The van der Waals surface area contributed by atoms with Crippen LogP contribution in [0.25, 0.3) is 5.57 Å². The van der Waals surface area contributed by atoms with E-state index in [-0.39, 0.29) is 6.61 Å².